The van der Waals surface area contributed by atoms with Crippen molar-refractivity contribution in [3.05, 3.63) is 54.6 Å². The molecular weight excluding hydrogens is 198 g/mol. The van der Waals surface area contributed by atoms with E-state index in [9.17, 15) is 0 Å². The Bertz CT molecular complexity index is 640. The topological polar surface area (TPSA) is 30.7 Å². The van der Waals surface area contributed by atoms with Crippen molar-refractivity contribution in [2.24, 2.45) is 0 Å². The van der Waals surface area contributed by atoms with Gasteiger partial charge in [0.1, 0.15) is 11.6 Å². The molecule has 3 nitrogen and oxygen atoms in total. The summed E-state index contributed by atoms with van der Waals surface area (Å²) in [6.45, 7) is 1.89. The highest BCUT2D eigenvalue weighted by Gasteiger charge is 2.03. The van der Waals surface area contributed by atoms with Crippen LogP contribution in [0.3, 0.4) is 0 Å². The third kappa shape index (κ3) is 1.37. The van der Waals surface area contributed by atoms with Gasteiger partial charge in [-0.25, -0.2) is 9.97 Å². The molecule has 3 aromatic rings. The van der Waals surface area contributed by atoms with Gasteiger partial charge in [0.15, 0.2) is 0 Å². The van der Waals surface area contributed by atoms with E-state index >= 15 is 0 Å². The first kappa shape index (κ1) is 9.09. The molecule has 2 heterocycles. The molecule has 0 spiro atoms. The number of benzene rings is 1. The Balaban J connectivity index is 2.26. The van der Waals surface area contributed by atoms with Crippen LogP contribution in [-0.2, 0) is 0 Å². The Morgan fingerprint density at radius 2 is 2.19 bits per heavy atom. The second-order valence-electron chi connectivity index (χ2n) is 3.63. The number of hydrogen-bond acceptors (Lipinski definition) is 2. The first-order chi connectivity index (χ1) is 7.84. The Morgan fingerprint density at radius 1 is 1.25 bits per heavy atom. The monoisotopic (exact) mass is 208 g/mol. The molecule has 0 amide bonds. The highest BCUT2D eigenvalue weighted by Crippen LogP contribution is 2.18. The van der Waals surface area contributed by atoms with Crippen molar-refractivity contribution in [3.8, 4) is 5.82 Å². The van der Waals surface area contributed by atoms with Gasteiger partial charge in [-0.05, 0) is 37.3 Å². The Labute approximate surface area is 93.4 Å². The number of aryl methyl sites for hydroxylation is 1. The summed E-state index contributed by atoms with van der Waals surface area (Å²) in [4.78, 5) is 8.51. The number of aromatic nitrogens is 3. The smallest absolute Gasteiger partial charge is 0.140 e. The van der Waals surface area contributed by atoms with Gasteiger partial charge in [0.05, 0.1) is 5.52 Å². The summed E-state index contributed by atoms with van der Waals surface area (Å²) in [5, 5.41) is 1.17. The molecule has 0 saturated carbocycles. The van der Waals surface area contributed by atoms with Crippen molar-refractivity contribution in [1.29, 1.82) is 0 Å². The van der Waals surface area contributed by atoms with Gasteiger partial charge in [0, 0.05) is 17.8 Å². The van der Waals surface area contributed by atoms with Crippen LogP contribution < -0.4 is 0 Å². The molecule has 3 heteroatoms. The molecule has 2 aromatic heterocycles. The van der Waals surface area contributed by atoms with Crippen LogP contribution >= 0.6 is 0 Å². The molecule has 0 aliphatic carbocycles. The van der Waals surface area contributed by atoms with Gasteiger partial charge in [-0.2, -0.15) is 0 Å². The molecule has 1 radical (unpaired) electrons. The molecule has 0 atom stereocenters. The lowest BCUT2D eigenvalue weighted by atomic mass is 10.2. The minimum absolute atomic E-state index is 0.779. The molecule has 0 fully saturated rings. The molecule has 0 bridgehead atoms. The van der Waals surface area contributed by atoms with E-state index in [0.717, 1.165) is 17.2 Å². The second-order valence-corrected chi connectivity index (χ2v) is 3.63. The van der Waals surface area contributed by atoms with Crippen LogP contribution in [0.25, 0.3) is 16.7 Å². The summed E-state index contributed by atoms with van der Waals surface area (Å²) in [6.07, 6.45) is 3.79. The van der Waals surface area contributed by atoms with Gasteiger partial charge in [0.25, 0.3) is 0 Å². The van der Waals surface area contributed by atoms with Crippen molar-refractivity contribution in [3.63, 3.8) is 0 Å². The largest absolute Gasteiger partial charge is 0.301 e. The summed E-state index contributed by atoms with van der Waals surface area (Å²) in [6, 6.07) is 12.9. The maximum Gasteiger partial charge on any atom is 0.140 e. The number of rotatable bonds is 1. The Morgan fingerprint density at radius 3 is 3.06 bits per heavy atom. The van der Waals surface area contributed by atoms with E-state index in [0.29, 0.717) is 0 Å². The summed E-state index contributed by atoms with van der Waals surface area (Å²) >= 11 is 0. The molecule has 0 unspecified atom stereocenters. The Kier molecular flexibility index (Phi) is 1.96. The maximum atomic E-state index is 4.41. The minimum Gasteiger partial charge on any atom is -0.301 e. The molecule has 0 aliphatic rings. The first-order valence-electron chi connectivity index (χ1n) is 5.12. The number of fused-ring (bicyclic) bond motifs is 1. The molecular formula is C13H10N3. The third-order valence-electron chi connectivity index (χ3n) is 2.54. The van der Waals surface area contributed by atoms with E-state index < -0.39 is 0 Å². The molecule has 0 aliphatic heterocycles. The lowest BCUT2D eigenvalue weighted by Crippen LogP contribution is -1.98. The molecule has 1 aromatic carbocycles. The Hall–Kier alpha value is -2.16. The maximum absolute atomic E-state index is 4.41. The van der Waals surface area contributed by atoms with Gasteiger partial charge in [-0.15, -0.1) is 0 Å². The van der Waals surface area contributed by atoms with Crippen molar-refractivity contribution >= 4 is 10.9 Å². The number of hydrogen-bond donors (Lipinski definition) is 0. The fraction of sp³-hybridized carbons (Fsp3) is 0.0769. The summed E-state index contributed by atoms with van der Waals surface area (Å²) in [5.41, 5.74) is 1.14. The van der Waals surface area contributed by atoms with E-state index in [1.807, 2.05) is 37.4 Å². The minimum atomic E-state index is 0.779. The SMILES string of the molecule is Cc1nccc(-n2ccc3c[c]ccc32)n1. The van der Waals surface area contributed by atoms with Crippen molar-refractivity contribution < 1.29 is 0 Å². The fourth-order valence-electron chi connectivity index (χ4n) is 1.80. The van der Waals surface area contributed by atoms with Crippen LogP contribution in [0.1, 0.15) is 5.82 Å². The van der Waals surface area contributed by atoms with E-state index in [-0.39, 0.29) is 0 Å². The highest BCUT2D eigenvalue weighted by molar-refractivity contribution is 5.81. The van der Waals surface area contributed by atoms with Gasteiger partial charge in [0.2, 0.25) is 0 Å². The van der Waals surface area contributed by atoms with Gasteiger partial charge in [-0.1, -0.05) is 6.07 Å². The van der Waals surface area contributed by atoms with E-state index in [2.05, 4.69) is 26.7 Å². The van der Waals surface area contributed by atoms with Crippen LogP contribution in [0.15, 0.2) is 42.7 Å². The third-order valence-corrected chi connectivity index (χ3v) is 2.54. The van der Waals surface area contributed by atoms with E-state index in [1.54, 1.807) is 6.20 Å². The molecule has 0 saturated heterocycles. The van der Waals surface area contributed by atoms with Crippen LogP contribution in [0, 0.1) is 13.0 Å². The summed E-state index contributed by atoms with van der Waals surface area (Å²) < 4.78 is 2.05. The van der Waals surface area contributed by atoms with Gasteiger partial charge < -0.3 is 4.57 Å². The average molecular weight is 208 g/mol. The van der Waals surface area contributed by atoms with Crippen molar-refractivity contribution in [1.82, 2.24) is 14.5 Å². The zero-order valence-corrected chi connectivity index (χ0v) is 8.88. The highest BCUT2D eigenvalue weighted by atomic mass is 15.1. The standard InChI is InChI=1S/C13H10N3/c1-10-14-8-6-13(15-10)16-9-7-11-4-2-3-5-12(11)16/h3-9H,1H3. The zero-order valence-electron chi connectivity index (χ0n) is 8.88. The number of nitrogens with zero attached hydrogens (tertiary/aromatic N) is 3. The van der Waals surface area contributed by atoms with Crippen LogP contribution in [0.2, 0.25) is 0 Å². The van der Waals surface area contributed by atoms with Crippen LogP contribution in [-0.4, -0.2) is 14.5 Å². The predicted octanol–water partition coefficient (Wildman–Crippen LogP) is 2.53. The lowest BCUT2D eigenvalue weighted by Gasteiger charge is -2.04. The predicted molar refractivity (Wildman–Crippen MR) is 62.4 cm³/mol. The molecule has 77 valence electrons. The fourth-order valence-corrected chi connectivity index (χ4v) is 1.80. The van der Waals surface area contributed by atoms with E-state index in [4.69, 9.17) is 0 Å². The van der Waals surface area contributed by atoms with Gasteiger partial charge in [-0.3, -0.25) is 0 Å². The molecule has 16 heavy (non-hydrogen) atoms. The normalized spacial score (nSPS) is 10.8. The lowest BCUT2D eigenvalue weighted by molar-refractivity contribution is 0.964. The summed E-state index contributed by atoms with van der Waals surface area (Å²) in [7, 11) is 0. The summed E-state index contributed by atoms with van der Waals surface area (Å²) in [5.74, 6) is 1.68. The molecule has 3 rings (SSSR count). The quantitative estimate of drug-likeness (QED) is 0.615. The van der Waals surface area contributed by atoms with Crippen LogP contribution in [0.5, 0.6) is 0 Å². The zero-order chi connectivity index (χ0) is 11.0. The second kappa shape index (κ2) is 3.45. The average Bonchev–Trinajstić information content (AvgIpc) is 2.72. The van der Waals surface area contributed by atoms with Crippen molar-refractivity contribution in [2.45, 2.75) is 6.92 Å². The van der Waals surface area contributed by atoms with Crippen LogP contribution in [0.4, 0.5) is 0 Å². The molecule has 0 N–H and O–H groups in total. The van der Waals surface area contributed by atoms with Crippen molar-refractivity contribution in [2.75, 3.05) is 0 Å². The first-order valence-corrected chi connectivity index (χ1v) is 5.12. The van der Waals surface area contributed by atoms with E-state index in [1.165, 1.54) is 5.39 Å². The van der Waals surface area contributed by atoms with Gasteiger partial charge >= 0.3 is 0 Å².